The van der Waals surface area contributed by atoms with Crippen molar-refractivity contribution in [3.63, 3.8) is 0 Å². The van der Waals surface area contributed by atoms with Crippen molar-refractivity contribution in [3.05, 3.63) is 65.7 Å². The second kappa shape index (κ2) is 7.61. The number of carbonyl (C=O) groups is 1. The minimum Gasteiger partial charge on any atom is -0.389 e. The Labute approximate surface area is 131 Å². The van der Waals surface area contributed by atoms with Gasteiger partial charge in [-0.3, -0.25) is 4.79 Å². The third-order valence-electron chi connectivity index (χ3n) is 3.49. The topological polar surface area (TPSA) is 52.6 Å². The molecule has 0 aliphatic carbocycles. The monoisotopic (exact) mass is 298 g/mol. The zero-order valence-corrected chi connectivity index (χ0v) is 13.0. The van der Waals surface area contributed by atoms with Gasteiger partial charge in [0.25, 0.3) is 5.91 Å². The number of anilines is 1. The molecule has 2 rings (SSSR count). The van der Waals surface area contributed by atoms with Crippen molar-refractivity contribution in [3.8, 4) is 0 Å². The summed E-state index contributed by atoms with van der Waals surface area (Å²) in [5.41, 5.74) is 2.84. The van der Waals surface area contributed by atoms with E-state index in [-0.39, 0.29) is 12.5 Å². The van der Waals surface area contributed by atoms with E-state index in [0.29, 0.717) is 12.1 Å². The highest BCUT2D eigenvalue weighted by Crippen LogP contribution is 2.13. The molecule has 2 N–H and O–H groups in total. The van der Waals surface area contributed by atoms with E-state index in [1.807, 2.05) is 61.3 Å². The summed E-state index contributed by atoms with van der Waals surface area (Å²) in [6.07, 6.45) is -0.626. The minimum atomic E-state index is -0.626. The van der Waals surface area contributed by atoms with Crippen LogP contribution in [-0.2, 0) is 0 Å². The lowest BCUT2D eigenvalue weighted by Gasteiger charge is -2.23. The summed E-state index contributed by atoms with van der Waals surface area (Å²) >= 11 is 0. The maximum absolute atomic E-state index is 11.9. The molecule has 2 aromatic rings. The molecular weight excluding hydrogens is 276 g/mol. The van der Waals surface area contributed by atoms with Gasteiger partial charge in [0, 0.05) is 31.4 Å². The lowest BCUT2D eigenvalue weighted by Crippen LogP contribution is -2.38. The summed E-state index contributed by atoms with van der Waals surface area (Å²) in [7, 11) is 1.92. The number of nitrogens with zero attached hydrogens (tertiary/aromatic N) is 1. The quantitative estimate of drug-likeness (QED) is 0.860. The average Bonchev–Trinajstić information content (AvgIpc) is 2.54. The van der Waals surface area contributed by atoms with E-state index in [1.54, 1.807) is 12.1 Å². The van der Waals surface area contributed by atoms with Crippen LogP contribution in [0.1, 0.15) is 15.9 Å². The Hall–Kier alpha value is -2.33. The molecule has 1 unspecified atom stereocenters. The Bertz CT molecular complexity index is 596. The van der Waals surface area contributed by atoms with Gasteiger partial charge in [-0.05, 0) is 31.2 Å². The Morgan fingerprint density at radius 2 is 1.77 bits per heavy atom. The molecule has 0 aliphatic heterocycles. The Kier molecular flexibility index (Phi) is 5.55. The van der Waals surface area contributed by atoms with E-state index < -0.39 is 6.10 Å². The fourth-order valence-electron chi connectivity index (χ4n) is 2.19. The molecule has 0 heterocycles. The number of amides is 1. The van der Waals surface area contributed by atoms with Crippen LogP contribution < -0.4 is 10.2 Å². The standard InChI is InChI=1S/C18H22N2O2/c1-14-8-10-16(11-9-14)20(2)13-17(21)12-19-18(22)15-6-4-3-5-7-15/h3-11,17,21H,12-13H2,1-2H3,(H,19,22). The van der Waals surface area contributed by atoms with Crippen LogP contribution in [0.4, 0.5) is 5.69 Å². The smallest absolute Gasteiger partial charge is 0.251 e. The van der Waals surface area contributed by atoms with Gasteiger partial charge in [0.05, 0.1) is 6.10 Å². The highest BCUT2D eigenvalue weighted by atomic mass is 16.3. The first kappa shape index (κ1) is 16.0. The number of benzene rings is 2. The van der Waals surface area contributed by atoms with Gasteiger partial charge in [-0.1, -0.05) is 35.9 Å². The van der Waals surface area contributed by atoms with Crippen LogP contribution in [0.2, 0.25) is 0 Å². The van der Waals surface area contributed by atoms with Crippen LogP contribution in [0.15, 0.2) is 54.6 Å². The van der Waals surface area contributed by atoms with Crippen molar-refractivity contribution in [2.24, 2.45) is 0 Å². The van der Waals surface area contributed by atoms with E-state index in [4.69, 9.17) is 0 Å². The van der Waals surface area contributed by atoms with Crippen molar-refractivity contribution < 1.29 is 9.90 Å². The Balaban J connectivity index is 1.81. The van der Waals surface area contributed by atoms with E-state index in [1.165, 1.54) is 5.56 Å². The van der Waals surface area contributed by atoms with Gasteiger partial charge in [0.15, 0.2) is 0 Å². The number of carbonyl (C=O) groups excluding carboxylic acids is 1. The first-order valence-electron chi connectivity index (χ1n) is 7.35. The van der Waals surface area contributed by atoms with Crippen LogP contribution in [0.3, 0.4) is 0 Å². The Morgan fingerprint density at radius 3 is 2.41 bits per heavy atom. The maximum Gasteiger partial charge on any atom is 0.251 e. The summed E-state index contributed by atoms with van der Waals surface area (Å²) in [4.78, 5) is 13.9. The number of hydrogen-bond donors (Lipinski definition) is 2. The minimum absolute atomic E-state index is 0.169. The molecule has 4 heteroatoms. The molecule has 0 bridgehead atoms. The first-order valence-corrected chi connectivity index (χ1v) is 7.35. The van der Waals surface area contributed by atoms with Crippen molar-refractivity contribution in [1.29, 1.82) is 0 Å². The molecule has 0 aliphatic rings. The number of hydrogen-bond acceptors (Lipinski definition) is 3. The number of aliphatic hydroxyl groups excluding tert-OH is 1. The molecule has 4 nitrogen and oxygen atoms in total. The molecular formula is C18H22N2O2. The predicted molar refractivity (Wildman–Crippen MR) is 89.2 cm³/mol. The van der Waals surface area contributed by atoms with Crippen LogP contribution in [0.5, 0.6) is 0 Å². The van der Waals surface area contributed by atoms with E-state index >= 15 is 0 Å². The normalized spacial score (nSPS) is 11.8. The number of aryl methyl sites for hydroxylation is 1. The zero-order chi connectivity index (χ0) is 15.9. The summed E-state index contributed by atoms with van der Waals surface area (Å²) < 4.78 is 0. The molecule has 116 valence electrons. The highest BCUT2D eigenvalue weighted by Gasteiger charge is 2.11. The van der Waals surface area contributed by atoms with Gasteiger partial charge in [-0.15, -0.1) is 0 Å². The second-order valence-electron chi connectivity index (χ2n) is 5.45. The number of rotatable bonds is 6. The van der Waals surface area contributed by atoms with Crippen LogP contribution in [0.25, 0.3) is 0 Å². The summed E-state index contributed by atoms with van der Waals surface area (Å²) in [6, 6.07) is 17.1. The molecule has 0 saturated heterocycles. The van der Waals surface area contributed by atoms with Crippen molar-refractivity contribution in [2.45, 2.75) is 13.0 Å². The van der Waals surface area contributed by atoms with Crippen molar-refractivity contribution in [1.82, 2.24) is 5.32 Å². The number of aliphatic hydroxyl groups is 1. The molecule has 0 fully saturated rings. The van der Waals surface area contributed by atoms with Gasteiger partial charge < -0.3 is 15.3 Å². The zero-order valence-electron chi connectivity index (χ0n) is 13.0. The summed E-state index contributed by atoms with van der Waals surface area (Å²) in [6.45, 7) is 2.72. The highest BCUT2D eigenvalue weighted by molar-refractivity contribution is 5.94. The molecule has 0 radical (unpaired) electrons. The molecule has 0 saturated carbocycles. The molecule has 0 spiro atoms. The summed E-state index contributed by atoms with van der Waals surface area (Å²) in [5.74, 6) is -0.169. The third-order valence-corrected chi connectivity index (χ3v) is 3.49. The SMILES string of the molecule is Cc1ccc(N(C)CC(O)CNC(=O)c2ccccc2)cc1. The lowest BCUT2D eigenvalue weighted by molar-refractivity contribution is 0.0919. The van der Waals surface area contributed by atoms with E-state index in [2.05, 4.69) is 5.32 Å². The molecule has 22 heavy (non-hydrogen) atoms. The Morgan fingerprint density at radius 1 is 1.14 bits per heavy atom. The van der Waals surface area contributed by atoms with Crippen LogP contribution in [-0.4, -0.2) is 37.3 Å². The van der Waals surface area contributed by atoms with Gasteiger partial charge in [-0.2, -0.15) is 0 Å². The number of likely N-dealkylation sites (N-methyl/N-ethyl adjacent to an activating group) is 1. The molecule has 2 aromatic carbocycles. The van der Waals surface area contributed by atoms with Crippen LogP contribution in [0, 0.1) is 6.92 Å². The van der Waals surface area contributed by atoms with E-state index in [0.717, 1.165) is 5.69 Å². The fraction of sp³-hybridized carbons (Fsp3) is 0.278. The molecule has 0 aromatic heterocycles. The van der Waals surface area contributed by atoms with Crippen molar-refractivity contribution >= 4 is 11.6 Å². The molecule has 1 atom stereocenters. The molecule has 1 amide bonds. The third kappa shape index (κ3) is 4.60. The predicted octanol–water partition coefficient (Wildman–Crippen LogP) is 2.22. The van der Waals surface area contributed by atoms with Gasteiger partial charge in [0.2, 0.25) is 0 Å². The average molecular weight is 298 g/mol. The van der Waals surface area contributed by atoms with E-state index in [9.17, 15) is 9.90 Å². The van der Waals surface area contributed by atoms with Gasteiger partial charge >= 0.3 is 0 Å². The van der Waals surface area contributed by atoms with Gasteiger partial charge in [0.1, 0.15) is 0 Å². The largest absolute Gasteiger partial charge is 0.389 e. The first-order chi connectivity index (χ1) is 10.6. The van der Waals surface area contributed by atoms with Gasteiger partial charge in [-0.25, -0.2) is 0 Å². The second-order valence-corrected chi connectivity index (χ2v) is 5.45. The fourth-order valence-corrected chi connectivity index (χ4v) is 2.19. The maximum atomic E-state index is 11.9. The summed E-state index contributed by atoms with van der Waals surface area (Å²) in [5, 5.41) is 12.8. The van der Waals surface area contributed by atoms with Crippen molar-refractivity contribution in [2.75, 3.05) is 25.0 Å². The lowest BCUT2D eigenvalue weighted by atomic mass is 10.2. The van der Waals surface area contributed by atoms with Crippen LogP contribution >= 0.6 is 0 Å². The number of nitrogens with one attached hydrogen (secondary N) is 1.